The Morgan fingerprint density at radius 1 is 1.23 bits per heavy atom. The summed E-state index contributed by atoms with van der Waals surface area (Å²) in [4.78, 5) is 26.2. The van der Waals surface area contributed by atoms with Crippen molar-refractivity contribution >= 4 is 23.5 Å². The summed E-state index contributed by atoms with van der Waals surface area (Å²) < 4.78 is 29.3. The maximum absolute atomic E-state index is 13.7. The molecule has 190 valence electrons. The molecule has 4 rings (SSSR count). The minimum atomic E-state index is -2.73. The number of rotatable bonds is 9. The number of aliphatic carboxylic acids is 1. The van der Waals surface area contributed by atoms with Gasteiger partial charge in [0.15, 0.2) is 5.69 Å². The number of nitrogens with one attached hydrogen (secondary N) is 1. The van der Waals surface area contributed by atoms with Crippen LogP contribution in [0.2, 0.25) is 5.02 Å². The van der Waals surface area contributed by atoms with Crippen molar-refractivity contribution in [1.82, 2.24) is 20.0 Å². The van der Waals surface area contributed by atoms with Crippen molar-refractivity contribution in [2.24, 2.45) is 0 Å². The Morgan fingerprint density at radius 3 is 2.66 bits per heavy atom. The van der Waals surface area contributed by atoms with Crippen molar-refractivity contribution in [3.8, 4) is 11.3 Å². The van der Waals surface area contributed by atoms with Gasteiger partial charge in [-0.2, -0.15) is 5.10 Å². The van der Waals surface area contributed by atoms with E-state index < -0.39 is 23.8 Å². The average molecular weight is 509 g/mol. The molecule has 1 atom stereocenters. The van der Waals surface area contributed by atoms with Gasteiger partial charge < -0.3 is 10.4 Å². The minimum absolute atomic E-state index is 0.129. The van der Waals surface area contributed by atoms with E-state index >= 15 is 0 Å². The van der Waals surface area contributed by atoms with E-state index in [-0.39, 0.29) is 44.1 Å². The number of carboxylic acid groups (broad SMARTS) is 1. The van der Waals surface area contributed by atoms with Crippen LogP contribution in [0.3, 0.4) is 0 Å². The lowest BCUT2D eigenvalue weighted by Crippen LogP contribution is -2.45. The van der Waals surface area contributed by atoms with Gasteiger partial charge >= 0.3 is 5.97 Å². The zero-order valence-electron chi connectivity index (χ0n) is 19.6. The lowest BCUT2D eigenvalue weighted by atomic mass is 10.1. The summed E-state index contributed by atoms with van der Waals surface area (Å²) in [6.07, 6.45) is 4.33. The normalized spacial score (nSPS) is 19.5. The predicted octanol–water partition coefficient (Wildman–Crippen LogP) is 5.01. The summed E-state index contributed by atoms with van der Waals surface area (Å²) in [5.41, 5.74) is 1.71. The van der Waals surface area contributed by atoms with Crippen LogP contribution >= 0.6 is 11.6 Å². The number of hydrogen-bond acceptors (Lipinski definition) is 4. The van der Waals surface area contributed by atoms with Crippen molar-refractivity contribution in [3.63, 3.8) is 0 Å². The van der Waals surface area contributed by atoms with E-state index in [1.54, 1.807) is 17.0 Å². The third-order valence-electron chi connectivity index (χ3n) is 6.81. The first kappa shape index (κ1) is 25.6. The molecule has 2 fully saturated rings. The molecular weight excluding hydrogens is 478 g/mol. The van der Waals surface area contributed by atoms with Crippen molar-refractivity contribution in [2.45, 2.75) is 69.4 Å². The number of carboxylic acids is 1. The molecule has 1 amide bonds. The van der Waals surface area contributed by atoms with E-state index in [0.717, 1.165) is 36.9 Å². The molecule has 10 heteroatoms. The van der Waals surface area contributed by atoms with Gasteiger partial charge in [0.1, 0.15) is 0 Å². The van der Waals surface area contributed by atoms with Crippen molar-refractivity contribution in [3.05, 3.63) is 41.0 Å². The molecule has 1 saturated heterocycles. The number of aromatic nitrogens is 2. The molecule has 1 aliphatic heterocycles. The van der Waals surface area contributed by atoms with Crippen LogP contribution in [0.5, 0.6) is 0 Å². The Bertz CT molecular complexity index is 1060. The second kappa shape index (κ2) is 11.0. The molecule has 1 aliphatic carbocycles. The fraction of sp³-hybridized carbons (Fsp3) is 0.560. The smallest absolute Gasteiger partial charge is 0.305 e. The molecule has 2 heterocycles. The van der Waals surface area contributed by atoms with Crippen LogP contribution in [0.25, 0.3) is 11.3 Å². The maximum Gasteiger partial charge on any atom is 0.305 e. The first-order chi connectivity index (χ1) is 16.7. The van der Waals surface area contributed by atoms with Crippen LogP contribution in [0.4, 0.5) is 8.78 Å². The van der Waals surface area contributed by atoms with Crippen LogP contribution in [0.15, 0.2) is 30.3 Å². The summed E-state index contributed by atoms with van der Waals surface area (Å²) in [7, 11) is 0. The molecule has 1 saturated carbocycles. The lowest BCUT2D eigenvalue weighted by Gasteiger charge is -2.33. The molecule has 2 N–H and O–H groups in total. The van der Waals surface area contributed by atoms with E-state index in [4.69, 9.17) is 11.6 Å². The standard InChI is InChI=1S/C25H31ClF2N4O3/c26-20-9-4-3-8-19(20)22-15-21(30-32(22)18-6-1-2-7-18)24(35)29-17(14-23(33)34)10-13-31-12-5-11-25(27,28)16-31/h3-4,8-9,15,17-18H,1-2,5-7,10-14,16H2,(H,29,35)(H,33,34). The number of piperidine rings is 1. The van der Waals surface area contributed by atoms with Gasteiger partial charge in [-0.25, -0.2) is 8.78 Å². The van der Waals surface area contributed by atoms with Gasteiger partial charge in [0.05, 0.1) is 24.7 Å². The molecule has 1 aromatic carbocycles. The highest BCUT2D eigenvalue weighted by Crippen LogP contribution is 2.36. The van der Waals surface area contributed by atoms with Gasteiger partial charge in [-0.1, -0.05) is 42.6 Å². The Hall–Kier alpha value is -2.52. The van der Waals surface area contributed by atoms with Gasteiger partial charge in [0, 0.05) is 29.6 Å². The van der Waals surface area contributed by atoms with Gasteiger partial charge in [0.25, 0.3) is 11.8 Å². The molecule has 7 nitrogen and oxygen atoms in total. The van der Waals surface area contributed by atoms with Gasteiger partial charge in [-0.05, 0) is 44.4 Å². The topological polar surface area (TPSA) is 87.5 Å². The highest BCUT2D eigenvalue weighted by molar-refractivity contribution is 6.33. The number of nitrogens with zero attached hydrogens (tertiary/aromatic N) is 3. The number of likely N-dealkylation sites (tertiary alicyclic amines) is 1. The first-order valence-corrected chi connectivity index (χ1v) is 12.6. The van der Waals surface area contributed by atoms with Crippen LogP contribution in [-0.4, -0.2) is 63.3 Å². The minimum Gasteiger partial charge on any atom is -0.481 e. The van der Waals surface area contributed by atoms with Crippen LogP contribution in [0, 0.1) is 0 Å². The number of halogens is 3. The number of benzene rings is 1. The predicted molar refractivity (Wildman–Crippen MR) is 129 cm³/mol. The SMILES string of the molecule is O=C(O)CC(CCN1CCCC(F)(F)C1)NC(=O)c1cc(-c2ccccc2Cl)n(C2CCCC2)n1. The zero-order chi connectivity index (χ0) is 25.0. The van der Waals surface area contributed by atoms with Crippen LogP contribution < -0.4 is 5.32 Å². The van der Waals surface area contributed by atoms with Crippen LogP contribution in [-0.2, 0) is 4.79 Å². The van der Waals surface area contributed by atoms with Gasteiger partial charge in [-0.15, -0.1) is 0 Å². The average Bonchev–Trinajstić information content (AvgIpc) is 3.47. The van der Waals surface area contributed by atoms with E-state index in [0.29, 0.717) is 18.0 Å². The number of hydrogen-bond donors (Lipinski definition) is 2. The first-order valence-electron chi connectivity index (χ1n) is 12.2. The Morgan fingerprint density at radius 2 is 1.97 bits per heavy atom. The van der Waals surface area contributed by atoms with E-state index in [1.165, 1.54) is 0 Å². The monoisotopic (exact) mass is 508 g/mol. The van der Waals surface area contributed by atoms with E-state index in [2.05, 4.69) is 10.4 Å². The van der Waals surface area contributed by atoms with Crippen molar-refractivity contribution < 1.29 is 23.5 Å². The molecule has 1 unspecified atom stereocenters. The number of alkyl halides is 2. The molecule has 2 aliphatic rings. The number of amides is 1. The second-order valence-electron chi connectivity index (χ2n) is 9.57. The second-order valence-corrected chi connectivity index (χ2v) is 9.98. The van der Waals surface area contributed by atoms with E-state index in [9.17, 15) is 23.5 Å². The fourth-order valence-corrected chi connectivity index (χ4v) is 5.31. The third kappa shape index (κ3) is 6.58. The zero-order valence-corrected chi connectivity index (χ0v) is 20.3. The number of carbonyl (C=O) groups excluding carboxylic acids is 1. The molecule has 1 aromatic heterocycles. The van der Waals surface area contributed by atoms with E-state index in [1.807, 2.05) is 22.9 Å². The maximum atomic E-state index is 13.7. The highest BCUT2D eigenvalue weighted by Gasteiger charge is 2.35. The summed E-state index contributed by atoms with van der Waals surface area (Å²) in [5, 5.41) is 17.3. The van der Waals surface area contributed by atoms with Gasteiger partial charge in [0.2, 0.25) is 0 Å². The molecule has 2 aromatic rings. The molecule has 0 bridgehead atoms. The molecule has 35 heavy (non-hydrogen) atoms. The summed E-state index contributed by atoms with van der Waals surface area (Å²) in [6.45, 7) is 0.485. The lowest BCUT2D eigenvalue weighted by molar-refractivity contribution is -0.137. The largest absolute Gasteiger partial charge is 0.481 e. The van der Waals surface area contributed by atoms with Crippen LogP contribution in [0.1, 0.15) is 67.9 Å². The fourth-order valence-electron chi connectivity index (χ4n) is 5.07. The molecule has 0 spiro atoms. The summed E-state index contributed by atoms with van der Waals surface area (Å²) >= 11 is 6.44. The molecule has 0 radical (unpaired) electrons. The molecular formula is C25H31ClF2N4O3. The summed E-state index contributed by atoms with van der Waals surface area (Å²) in [6, 6.07) is 8.54. The van der Waals surface area contributed by atoms with Crippen molar-refractivity contribution in [2.75, 3.05) is 19.6 Å². The Labute approximate surface area is 208 Å². The Kier molecular flexibility index (Phi) is 8.06. The number of carbonyl (C=O) groups is 2. The van der Waals surface area contributed by atoms with Gasteiger partial charge in [-0.3, -0.25) is 19.2 Å². The summed E-state index contributed by atoms with van der Waals surface area (Å²) in [5.74, 6) is -4.27. The third-order valence-corrected chi connectivity index (χ3v) is 7.14. The quantitative estimate of drug-likeness (QED) is 0.497. The van der Waals surface area contributed by atoms with Crippen molar-refractivity contribution in [1.29, 1.82) is 0 Å². The highest BCUT2D eigenvalue weighted by atomic mass is 35.5. The Balaban J connectivity index is 1.51.